The Hall–Kier alpha value is -3.52. The lowest BCUT2D eigenvalue weighted by molar-refractivity contribution is 0.866. The zero-order chi connectivity index (χ0) is 19.7. The summed E-state index contributed by atoms with van der Waals surface area (Å²) in [5.41, 5.74) is 6.28. The van der Waals surface area contributed by atoms with E-state index in [-0.39, 0.29) is 0 Å². The van der Waals surface area contributed by atoms with Gasteiger partial charge in [-0.1, -0.05) is 12.1 Å². The summed E-state index contributed by atoms with van der Waals surface area (Å²) in [6.45, 7) is 8.25. The first-order chi connectivity index (χ1) is 13.7. The Kier molecular flexibility index (Phi) is 4.62. The van der Waals surface area contributed by atoms with E-state index in [2.05, 4.69) is 54.4 Å². The van der Waals surface area contributed by atoms with E-state index in [1.54, 1.807) is 0 Å². The third kappa shape index (κ3) is 2.93. The van der Waals surface area contributed by atoms with Crippen LogP contribution in [0, 0.1) is 18.3 Å². The number of nitrogens with zero attached hydrogens (tertiary/aromatic N) is 4. The fourth-order valence-corrected chi connectivity index (χ4v) is 3.68. The van der Waals surface area contributed by atoms with E-state index in [4.69, 9.17) is 4.98 Å². The smallest absolute Gasteiger partial charge is 0.157 e. The van der Waals surface area contributed by atoms with Crippen LogP contribution in [0.15, 0.2) is 54.6 Å². The number of pyridine rings is 1. The van der Waals surface area contributed by atoms with Gasteiger partial charge in [0.2, 0.25) is 0 Å². The van der Waals surface area contributed by atoms with Crippen LogP contribution in [0.2, 0.25) is 0 Å². The van der Waals surface area contributed by atoms with E-state index in [1.807, 2.05) is 41.7 Å². The molecule has 0 spiro atoms. The molecule has 0 bridgehead atoms. The van der Waals surface area contributed by atoms with Gasteiger partial charge in [0.05, 0.1) is 16.6 Å². The minimum absolute atomic E-state index is 0.610. The minimum atomic E-state index is 0.610. The summed E-state index contributed by atoms with van der Waals surface area (Å²) < 4.78 is 2.03. The molecule has 1 N–H and O–H groups in total. The lowest BCUT2D eigenvalue weighted by Crippen LogP contribution is -2.21. The zero-order valence-electron chi connectivity index (χ0n) is 16.4. The van der Waals surface area contributed by atoms with Gasteiger partial charge in [0.1, 0.15) is 11.9 Å². The first-order valence-corrected chi connectivity index (χ1v) is 9.59. The third-order valence-electron chi connectivity index (χ3n) is 5.15. The van der Waals surface area contributed by atoms with Gasteiger partial charge in [0, 0.05) is 24.5 Å². The number of nitriles is 1. The number of para-hydroxylation sites is 2. The molecule has 5 nitrogen and oxygen atoms in total. The van der Waals surface area contributed by atoms with Gasteiger partial charge in [0.25, 0.3) is 0 Å². The quantitative estimate of drug-likeness (QED) is 0.521. The van der Waals surface area contributed by atoms with Gasteiger partial charge in [-0.05, 0) is 68.8 Å². The number of rotatable bonds is 5. The van der Waals surface area contributed by atoms with Crippen molar-refractivity contribution >= 4 is 33.9 Å². The number of aryl methyl sites for hydroxylation is 1. The fraction of sp³-hybridized carbons (Fsp3) is 0.217. The molecule has 2 aromatic heterocycles. The zero-order valence-corrected chi connectivity index (χ0v) is 16.4. The van der Waals surface area contributed by atoms with Gasteiger partial charge in [-0.25, -0.2) is 4.98 Å². The van der Waals surface area contributed by atoms with Crippen LogP contribution in [0.3, 0.4) is 0 Å². The van der Waals surface area contributed by atoms with Crippen LogP contribution in [0.5, 0.6) is 0 Å². The van der Waals surface area contributed by atoms with Crippen molar-refractivity contribution in [3.8, 4) is 6.07 Å². The maximum absolute atomic E-state index is 9.62. The van der Waals surface area contributed by atoms with E-state index in [0.717, 1.165) is 41.2 Å². The largest absolute Gasteiger partial charge is 0.372 e. The molecular formula is C23H23N5. The molecule has 0 aliphatic carbocycles. The average molecular weight is 369 g/mol. The van der Waals surface area contributed by atoms with Crippen molar-refractivity contribution in [2.45, 2.75) is 20.8 Å². The van der Waals surface area contributed by atoms with Crippen LogP contribution in [0.4, 0.5) is 17.2 Å². The van der Waals surface area contributed by atoms with Crippen molar-refractivity contribution in [2.75, 3.05) is 23.3 Å². The highest BCUT2D eigenvalue weighted by atomic mass is 15.1. The van der Waals surface area contributed by atoms with Crippen molar-refractivity contribution in [3.63, 3.8) is 0 Å². The second kappa shape index (κ2) is 7.24. The number of aromatic nitrogens is 2. The molecule has 0 amide bonds. The van der Waals surface area contributed by atoms with Crippen LogP contribution in [-0.4, -0.2) is 22.5 Å². The normalized spacial score (nSPS) is 10.9. The van der Waals surface area contributed by atoms with Crippen LogP contribution >= 0.6 is 0 Å². The van der Waals surface area contributed by atoms with Crippen LogP contribution in [0.1, 0.15) is 25.0 Å². The van der Waals surface area contributed by atoms with Crippen molar-refractivity contribution in [1.82, 2.24) is 9.38 Å². The lowest BCUT2D eigenvalue weighted by atomic mass is 10.1. The minimum Gasteiger partial charge on any atom is -0.372 e. The molecule has 0 atom stereocenters. The lowest BCUT2D eigenvalue weighted by Gasteiger charge is -2.21. The fourth-order valence-electron chi connectivity index (χ4n) is 3.68. The Bertz CT molecular complexity index is 1180. The first-order valence-electron chi connectivity index (χ1n) is 9.59. The van der Waals surface area contributed by atoms with E-state index >= 15 is 0 Å². The highest BCUT2D eigenvalue weighted by molar-refractivity contribution is 5.85. The van der Waals surface area contributed by atoms with Gasteiger partial charge in [0.15, 0.2) is 5.65 Å². The molecule has 4 aromatic rings. The first kappa shape index (κ1) is 17.9. The molecule has 0 aliphatic rings. The predicted octanol–water partition coefficient (Wildman–Crippen LogP) is 5.26. The standard InChI is InChI=1S/C23H23N5/c1-4-27(5-2)18-12-10-17(11-13-18)25-22-14-16(3)19(15-24)23-26-20-8-6-7-9-21(20)28(22)23/h6-14,25H,4-5H2,1-3H3. The number of anilines is 3. The Balaban J connectivity index is 1.82. The molecule has 4 rings (SSSR count). The predicted molar refractivity (Wildman–Crippen MR) is 115 cm³/mol. The molecule has 2 heterocycles. The summed E-state index contributed by atoms with van der Waals surface area (Å²) in [5.74, 6) is 0.899. The Labute approximate surface area is 164 Å². The molecule has 5 heteroatoms. The van der Waals surface area contributed by atoms with Gasteiger partial charge < -0.3 is 10.2 Å². The molecule has 0 saturated carbocycles. The molecule has 0 unspecified atom stereocenters. The summed E-state index contributed by atoms with van der Waals surface area (Å²) in [4.78, 5) is 7.02. The summed E-state index contributed by atoms with van der Waals surface area (Å²) >= 11 is 0. The highest BCUT2D eigenvalue weighted by Gasteiger charge is 2.15. The Morgan fingerprint density at radius 2 is 1.79 bits per heavy atom. The maximum atomic E-state index is 9.62. The second-order valence-electron chi connectivity index (χ2n) is 6.80. The summed E-state index contributed by atoms with van der Waals surface area (Å²) in [6, 6.07) is 20.7. The highest BCUT2D eigenvalue weighted by Crippen LogP contribution is 2.29. The number of nitrogens with one attached hydrogen (secondary N) is 1. The Morgan fingerprint density at radius 3 is 2.46 bits per heavy atom. The molecular weight excluding hydrogens is 346 g/mol. The monoisotopic (exact) mass is 369 g/mol. The van der Waals surface area contributed by atoms with E-state index in [1.165, 1.54) is 5.69 Å². The van der Waals surface area contributed by atoms with Crippen molar-refractivity contribution in [2.24, 2.45) is 0 Å². The molecule has 0 saturated heterocycles. The maximum Gasteiger partial charge on any atom is 0.157 e. The molecule has 28 heavy (non-hydrogen) atoms. The van der Waals surface area contributed by atoms with Gasteiger partial charge in [-0.3, -0.25) is 4.40 Å². The van der Waals surface area contributed by atoms with Crippen molar-refractivity contribution in [3.05, 3.63) is 65.7 Å². The van der Waals surface area contributed by atoms with Crippen molar-refractivity contribution in [1.29, 1.82) is 5.26 Å². The van der Waals surface area contributed by atoms with E-state index in [0.29, 0.717) is 11.2 Å². The summed E-state index contributed by atoms with van der Waals surface area (Å²) in [7, 11) is 0. The van der Waals surface area contributed by atoms with E-state index < -0.39 is 0 Å². The molecule has 0 radical (unpaired) electrons. The Morgan fingerprint density at radius 1 is 1.07 bits per heavy atom. The molecule has 0 fully saturated rings. The number of fused-ring (bicyclic) bond motifs is 3. The van der Waals surface area contributed by atoms with Crippen LogP contribution in [-0.2, 0) is 0 Å². The summed E-state index contributed by atoms with van der Waals surface area (Å²) in [6.07, 6.45) is 0. The number of benzene rings is 2. The molecule has 140 valence electrons. The molecule has 2 aromatic carbocycles. The van der Waals surface area contributed by atoms with Gasteiger partial charge in [-0.2, -0.15) is 5.26 Å². The third-order valence-corrected chi connectivity index (χ3v) is 5.15. The van der Waals surface area contributed by atoms with Crippen molar-refractivity contribution < 1.29 is 0 Å². The second-order valence-corrected chi connectivity index (χ2v) is 6.80. The SMILES string of the molecule is CCN(CC)c1ccc(Nc2cc(C)c(C#N)c3nc4ccccc4n23)cc1. The topological polar surface area (TPSA) is 56.4 Å². The number of hydrogen-bond acceptors (Lipinski definition) is 4. The van der Waals surface area contributed by atoms with Crippen LogP contribution in [0.25, 0.3) is 16.7 Å². The average Bonchev–Trinajstić information content (AvgIpc) is 3.10. The summed E-state index contributed by atoms with van der Waals surface area (Å²) in [5, 5.41) is 13.1. The molecule has 0 aliphatic heterocycles. The van der Waals surface area contributed by atoms with Gasteiger partial charge in [-0.15, -0.1) is 0 Å². The van der Waals surface area contributed by atoms with E-state index in [9.17, 15) is 5.26 Å². The van der Waals surface area contributed by atoms with Gasteiger partial charge >= 0.3 is 0 Å². The van der Waals surface area contributed by atoms with Crippen LogP contribution < -0.4 is 10.2 Å². The number of imidazole rings is 1. The number of hydrogen-bond donors (Lipinski definition) is 1.